The Morgan fingerprint density at radius 3 is 2.67 bits per heavy atom. The Bertz CT molecular complexity index is 978. The summed E-state index contributed by atoms with van der Waals surface area (Å²) in [6.07, 6.45) is 2.58. The second-order valence-corrected chi connectivity index (χ2v) is 6.88. The summed E-state index contributed by atoms with van der Waals surface area (Å²) in [5.74, 6) is 0.553. The zero-order chi connectivity index (χ0) is 19.0. The van der Waals surface area contributed by atoms with Crippen LogP contribution in [-0.2, 0) is 0 Å². The molecule has 3 aromatic rings. The van der Waals surface area contributed by atoms with Crippen LogP contribution < -0.4 is 15.8 Å². The van der Waals surface area contributed by atoms with Gasteiger partial charge in [-0.2, -0.15) is 5.10 Å². The Labute approximate surface area is 158 Å². The molecule has 1 fully saturated rings. The van der Waals surface area contributed by atoms with Gasteiger partial charge < -0.3 is 15.8 Å². The van der Waals surface area contributed by atoms with Crippen molar-refractivity contribution in [2.75, 3.05) is 7.11 Å². The predicted octanol–water partition coefficient (Wildman–Crippen LogP) is 2.69. The van der Waals surface area contributed by atoms with Crippen molar-refractivity contribution in [1.29, 1.82) is 0 Å². The molecular weight excluding hydrogens is 340 g/mol. The molecule has 1 aromatic heterocycles. The van der Waals surface area contributed by atoms with Crippen LogP contribution in [0.5, 0.6) is 5.75 Å². The molecule has 1 amide bonds. The molecule has 0 radical (unpaired) electrons. The molecule has 138 valence electrons. The molecule has 0 bridgehead atoms. The molecule has 1 heterocycles. The van der Waals surface area contributed by atoms with E-state index in [1.165, 1.54) is 5.56 Å². The number of nitrogens with two attached hydrogens (primary N) is 1. The lowest BCUT2D eigenvalue weighted by Crippen LogP contribution is -2.29. The average molecular weight is 362 g/mol. The second kappa shape index (κ2) is 6.89. The molecular formula is C21H22N4O2. The maximum absolute atomic E-state index is 12.8. The number of aromatic nitrogens is 2. The van der Waals surface area contributed by atoms with Gasteiger partial charge in [0.25, 0.3) is 5.91 Å². The maximum atomic E-state index is 12.8. The largest absolute Gasteiger partial charge is 0.497 e. The maximum Gasteiger partial charge on any atom is 0.255 e. The van der Waals surface area contributed by atoms with E-state index in [1.54, 1.807) is 18.0 Å². The fourth-order valence-electron chi connectivity index (χ4n) is 2.98. The van der Waals surface area contributed by atoms with Crippen LogP contribution >= 0.6 is 0 Å². The van der Waals surface area contributed by atoms with Gasteiger partial charge in [0.15, 0.2) is 0 Å². The van der Waals surface area contributed by atoms with Crippen molar-refractivity contribution in [2.24, 2.45) is 5.73 Å². The number of methoxy groups -OCH3 is 1. The highest BCUT2D eigenvalue weighted by Gasteiger charge is 2.35. The minimum Gasteiger partial charge on any atom is -0.497 e. The van der Waals surface area contributed by atoms with Gasteiger partial charge in [-0.1, -0.05) is 29.8 Å². The Hall–Kier alpha value is -3.12. The van der Waals surface area contributed by atoms with Gasteiger partial charge in [-0.3, -0.25) is 4.79 Å². The summed E-state index contributed by atoms with van der Waals surface area (Å²) < 4.78 is 7.05. The average Bonchev–Trinajstić information content (AvgIpc) is 3.19. The smallest absolute Gasteiger partial charge is 0.255 e. The van der Waals surface area contributed by atoms with Gasteiger partial charge in [-0.15, -0.1) is 0 Å². The predicted molar refractivity (Wildman–Crippen MR) is 104 cm³/mol. The van der Waals surface area contributed by atoms with Gasteiger partial charge in [0.05, 0.1) is 18.4 Å². The van der Waals surface area contributed by atoms with Crippen molar-refractivity contribution < 1.29 is 9.53 Å². The summed E-state index contributed by atoms with van der Waals surface area (Å²) in [5.41, 5.74) is 9.85. The van der Waals surface area contributed by atoms with E-state index in [-0.39, 0.29) is 18.0 Å². The summed E-state index contributed by atoms with van der Waals surface area (Å²) in [5, 5.41) is 7.68. The van der Waals surface area contributed by atoms with Crippen LogP contribution in [0.3, 0.4) is 0 Å². The molecule has 2 atom stereocenters. The molecule has 1 saturated carbocycles. The molecule has 6 nitrogen and oxygen atoms in total. The number of amides is 1. The van der Waals surface area contributed by atoms with Gasteiger partial charge in [0, 0.05) is 23.8 Å². The van der Waals surface area contributed by atoms with E-state index in [0.29, 0.717) is 17.0 Å². The third-order valence-corrected chi connectivity index (χ3v) is 4.76. The third kappa shape index (κ3) is 3.57. The molecule has 6 heteroatoms. The number of hydrogen-bond donors (Lipinski definition) is 2. The number of nitrogens with one attached hydrogen (secondary N) is 1. The Kier molecular flexibility index (Phi) is 4.41. The molecule has 0 spiro atoms. The van der Waals surface area contributed by atoms with Crippen LogP contribution in [0.25, 0.3) is 16.9 Å². The molecule has 0 unspecified atom stereocenters. The molecule has 0 aliphatic heterocycles. The topological polar surface area (TPSA) is 82.2 Å². The van der Waals surface area contributed by atoms with Gasteiger partial charge in [0.1, 0.15) is 11.4 Å². The van der Waals surface area contributed by atoms with Crippen LogP contribution in [0.1, 0.15) is 22.3 Å². The van der Waals surface area contributed by atoms with E-state index in [9.17, 15) is 4.79 Å². The number of hydrogen-bond acceptors (Lipinski definition) is 4. The molecule has 27 heavy (non-hydrogen) atoms. The molecule has 1 aliphatic carbocycles. The minimum atomic E-state index is -0.163. The minimum absolute atomic E-state index is 0.0402. The van der Waals surface area contributed by atoms with Crippen molar-refractivity contribution in [3.8, 4) is 22.7 Å². The van der Waals surface area contributed by atoms with Crippen LogP contribution in [0.2, 0.25) is 0 Å². The van der Waals surface area contributed by atoms with Crippen LogP contribution in [0, 0.1) is 6.92 Å². The monoisotopic (exact) mass is 362 g/mol. The summed E-state index contributed by atoms with van der Waals surface area (Å²) in [4.78, 5) is 12.8. The van der Waals surface area contributed by atoms with E-state index in [0.717, 1.165) is 17.7 Å². The molecule has 4 rings (SSSR count). The molecule has 0 saturated heterocycles. The number of carbonyl (C=O) groups is 1. The van der Waals surface area contributed by atoms with Gasteiger partial charge in [-0.25, -0.2) is 4.68 Å². The first-order valence-corrected chi connectivity index (χ1v) is 8.93. The molecule has 1 aliphatic rings. The number of benzene rings is 2. The number of aryl methyl sites for hydroxylation is 1. The first-order chi connectivity index (χ1) is 13.0. The first-order valence-electron chi connectivity index (χ1n) is 8.93. The third-order valence-electron chi connectivity index (χ3n) is 4.76. The van der Waals surface area contributed by atoms with Crippen molar-refractivity contribution in [2.45, 2.75) is 25.4 Å². The van der Waals surface area contributed by atoms with Gasteiger partial charge in [0.2, 0.25) is 0 Å². The Balaban J connectivity index is 1.76. The summed E-state index contributed by atoms with van der Waals surface area (Å²) >= 11 is 0. The van der Waals surface area contributed by atoms with E-state index < -0.39 is 0 Å². The second-order valence-electron chi connectivity index (χ2n) is 6.88. The number of ether oxygens (including phenoxy) is 1. The lowest BCUT2D eigenvalue weighted by atomic mass is 10.1. The van der Waals surface area contributed by atoms with Crippen molar-refractivity contribution in [3.05, 3.63) is 65.9 Å². The lowest BCUT2D eigenvalue weighted by molar-refractivity contribution is 0.0951. The standard InChI is InChI=1S/C21H22N4O2/c1-13-6-8-15(9-7-13)25-12-17(21(26)23-19-11-18(19)22)20(24-25)14-4-3-5-16(10-14)27-2/h3-10,12,18-19H,11,22H2,1-2H3,(H,23,26)/t18-,19-/m1/s1. The highest BCUT2D eigenvalue weighted by atomic mass is 16.5. The first kappa shape index (κ1) is 17.3. The summed E-state index contributed by atoms with van der Waals surface area (Å²) in [7, 11) is 1.62. The zero-order valence-electron chi connectivity index (χ0n) is 15.3. The number of carbonyl (C=O) groups excluding carboxylic acids is 1. The van der Waals surface area contributed by atoms with E-state index in [2.05, 4.69) is 5.32 Å². The fraction of sp³-hybridized carbons (Fsp3) is 0.238. The normalized spacial score (nSPS) is 18.2. The van der Waals surface area contributed by atoms with E-state index >= 15 is 0 Å². The summed E-state index contributed by atoms with van der Waals surface area (Å²) in [6.45, 7) is 2.03. The quantitative estimate of drug-likeness (QED) is 0.731. The summed E-state index contributed by atoms with van der Waals surface area (Å²) in [6, 6.07) is 15.6. The Morgan fingerprint density at radius 2 is 2.00 bits per heavy atom. The highest BCUT2D eigenvalue weighted by Crippen LogP contribution is 2.28. The van der Waals surface area contributed by atoms with Crippen LogP contribution in [-0.4, -0.2) is 34.9 Å². The zero-order valence-corrected chi connectivity index (χ0v) is 15.3. The SMILES string of the molecule is COc1cccc(-c2nn(-c3ccc(C)cc3)cc2C(=O)N[C@@H]2C[C@H]2N)c1. The number of rotatable bonds is 5. The van der Waals surface area contributed by atoms with Crippen molar-refractivity contribution in [1.82, 2.24) is 15.1 Å². The number of nitrogens with zero attached hydrogens (tertiary/aromatic N) is 2. The lowest BCUT2D eigenvalue weighted by Gasteiger charge is -2.06. The fourth-order valence-corrected chi connectivity index (χ4v) is 2.98. The van der Waals surface area contributed by atoms with Crippen molar-refractivity contribution in [3.63, 3.8) is 0 Å². The van der Waals surface area contributed by atoms with Crippen LogP contribution in [0.4, 0.5) is 0 Å². The Morgan fingerprint density at radius 1 is 1.26 bits per heavy atom. The van der Waals surface area contributed by atoms with E-state index in [1.807, 2.05) is 55.5 Å². The highest BCUT2D eigenvalue weighted by molar-refractivity contribution is 6.00. The molecule has 2 aromatic carbocycles. The molecule has 3 N–H and O–H groups in total. The van der Waals surface area contributed by atoms with Crippen LogP contribution in [0.15, 0.2) is 54.7 Å². The van der Waals surface area contributed by atoms with Gasteiger partial charge in [-0.05, 0) is 37.6 Å². The van der Waals surface area contributed by atoms with Gasteiger partial charge >= 0.3 is 0 Å². The van der Waals surface area contributed by atoms with Crippen molar-refractivity contribution >= 4 is 5.91 Å². The van der Waals surface area contributed by atoms with E-state index in [4.69, 9.17) is 15.6 Å².